The monoisotopic (exact) mass is 490 g/mol. The second-order valence-corrected chi connectivity index (χ2v) is 8.96. The number of carboxylic acid groups (broad SMARTS) is 1. The highest BCUT2D eigenvalue weighted by Gasteiger charge is 2.28. The third kappa shape index (κ3) is 3.80. The SMILES string of the molecule is CCn1cc(C(=O)O)c(=O)c2c3ccc(F)c(N4CCN(c5cccc(OC)c5)C(C)C4)c3ncc21. The van der Waals surface area contributed by atoms with Gasteiger partial charge in [-0.3, -0.25) is 9.78 Å². The first-order valence-corrected chi connectivity index (χ1v) is 11.9. The van der Waals surface area contributed by atoms with Gasteiger partial charge in [-0.15, -0.1) is 0 Å². The summed E-state index contributed by atoms with van der Waals surface area (Å²) in [7, 11) is 1.63. The van der Waals surface area contributed by atoms with Crippen molar-refractivity contribution < 1.29 is 19.0 Å². The first-order valence-electron chi connectivity index (χ1n) is 11.9. The zero-order valence-corrected chi connectivity index (χ0v) is 20.4. The molecular formula is C27H27FN4O4. The van der Waals surface area contributed by atoms with Crippen LogP contribution in [-0.2, 0) is 6.54 Å². The van der Waals surface area contributed by atoms with Crippen molar-refractivity contribution in [2.75, 3.05) is 36.5 Å². The van der Waals surface area contributed by atoms with E-state index < -0.39 is 17.2 Å². The molecule has 0 saturated carbocycles. The van der Waals surface area contributed by atoms with E-state index in [9.17, 15) is 14.7 Å². The van der Waals surface area contributed by atoms with Crippen molar-refractivity contribution in [3.8, 4) is 5.75 Å². The summed E-state index contributed by atoms with van der Waals surface area (Å²) >= 11 is 0. The summed E-state index contributed by atoms with van der Waals surface area (Å²) in [6.07, 6.45) is 2.87. The number of carbonyl (C=O) groups is 1. The molecule has 0 aliphatic carbocycles. The van der Waals surface area contributed by atoms with Crippen LogP contribution in [0.2, 0.25) is 0 Å². The minimum Gasteiger partial charge on any atom is -0.497 e. The van der Waals surface area contributed by atoms with E-state index >= 15 is 4.39 Å². The van der Waals surface area contributed by atoms with Gasteiger partial charge < -0.3 is 24.2 Å². The lowest BCUT2D eigenvalue weighted by molar-refractivity contribution is 0.0695. The fraction of sp³-hybridized carbons (Fsp3) is 0.296. The second-order valence-electron chi connectivity index (χ2n) is 8.96. The number of hydrogen-bond donors (Lipinski definition) is 1. The Balaban J connectivity index is 1.61. The molecule has 0 spiro atoms. The predicted octanol–water partition coefficient (Wildman–Crippen LogP) is 4.13. The normalized spacial score (nSPS) is 16.1. The van der Waals surface area contributed by atoms with E-state index in [0.717, 1.165) is 11.4 Å². The van der Waals surface area contributed by atoms with Crippen LogP contribution in [0.1, 0.15) is 24.2 Å². The molecule has 36 heavy (non-hydrogen) atoms. The van der Waals surface area contributed by atoms with Gasteiger partial charge in [0.05, 0.1) is 35.4 Å². The third-order valence-electron chi connectivity index (χ3n) is 6.91. The number of carboxylic acids is 1. The lowest BCUT2D eigenvalue weighted by atomic mass is 10.0. The van der Waals surface area contributed by atoms with Gasteiger partial charge in [-0.25, -0.2) is 9.18 Å². The van der Waals surface area contributed by atoms with E-state index in [2.05, 4.69) is 16.8 Å². The van der Waals surface area contributed by atoms with Crippen molar-refractivity contribution in [3.63, 3.8) is 0 Å². The average molecular weight is 491 g/mol. The number of ether oxygens (including phenoxy) is 1. The molecule has 1 aliphatic heterocycles. The van der Waals surface area contributed by atoms with Crippen molar-refractivity contribution in [2.24, 2.45) is 0 Å². The number of aromatic carboxylic acids is 1. The molecule has 1 atom stereocenters. The number of pyridine rings is 2. The average Bonchev–Trinajstić information content (AvgIpc) is 2.88. The quantitative estimate of drug-likeness (QED) is 0.421. The zero-order chi connectivity index (χ0) is 25.6. The Hall–Kier alpha value is -4.14. The van der Waals surface area contributed by atoms with Crippen LogP contribution < -0.4 is 20.0 Å². The first-order chi connectivity index (χ1) is 17.3. The van der Waals surface area contributed by atoms with Gasteiger partial charge in [0.25, 0.3) is 0 Å². The summed E-state index contributed by atoms with van der Waals surface area (Å²) in [5.41, 5.74) is 1.33. The Kier molecular flexibility index (Phi) is 5.99. The Morgan fingerprint density at radius 2 is 2.06 bits per heavy atom. The highest BCUT2D eigenvalue weighted by atomic mass is 19.1. The molecule has 9 heteroatoms. The van der Waals surface area contributed by atoms with E-state index in [4.69, 9.17) is 4.74 Å². The molecule has 0 bridgehead atoms. The lowest BCUT2D eigenvalue weighted by Gasteiger charge is -2.42. The van der Waals surface area contributed by atoms with Gasteiger partial charge in [-0.05, 0) is 38.1 Å². The number of hydrogen-bond acceptors (Lipinski definition) is 6. The number of methoxy groups -OCH3 is 1. The van der Waals surface area contributed by atoms with E-state index in [1.807, 2.05) is 36.1 Å². The summed E-state index contributed by atoms with van der Waals surface area (Å²) in [5.74, 6) is -0.947. The second kappa shape index (κ2) is 9.14. The molecule has 186 valence electrons. The Morgan fingerprint density at radius 1 is 1.25 bits per heavy atom. The molecule has 1 saturated heterocycles. The fourth-order valence-electron chi connectivity index (χ4n) is 5.14. The number of piperazine rings is 1. The van der Waals surface area contributed by atoms with Gasteiger partial charge in [0.1, 0.15) is 17.1 Å². The van der Waals surface area contributed by atoms with Gasteiger partial charge in [0, 0.05) is 55.6 Å². The van der Waals surface area contributed by atoms with Crippen LogP contribution >= 0.6 is 0 Å². The van der Waals surface area contributed by atoms with Crippen LogP contribution in [0.25, 0.3) is 21.8 Å². The van der Waals surface area contributed by atoms with Crippen molar-refractivity contribution in [3.05, 3.63) is 70.4 Å². The van der Waals surface area contributed by atoms with Crippen molar-refractivity contribution in [1.82, 2.24) is 9.55 Å². The summed E-state index contributed by atoms with van der Waals surface area (Å²) in [6.45, 7) is 6.15. The number of halogens is 1. The van der Waals surface area contributed by atoms with Crippen LogP contribution in [0, 0.1) is 5.82 Å². The Bertz CT molecular complexity index is 1550. The van der Waals surface area contributed by atoms with Crippen LogP contribution in [-0.4, -0.2) is 53.4 Å². The van der Waals surface area contributed by atoms with Crippen molar-refractivity contribution in [2.45, 2.75) is 26.4 Å². The highest BCUT2D eigenvalue weighted by molar-refractivity contribution is 6.09. The smallest absolute Gasteiger partial charge is 0.341 e. The number of rotatable bonds is 5. The van der Waals surface area contributed by atoms with Gasteiger partial charge in [-0.2, -0.15) is 0 Å². The number of aryl methyl sites for hydroxylation is 1. The van der Waals surface area contributed by atoms with E-state index in [1.54, 1.807) is 11.7 Å². The largest absolute Gasteiger partial charge is 0.497 e. The maximum absolute atomic E-state index is 15.3. The standard InChI is InChI=1S/C27H27FN4O4/c1-4-30-15-20(27(34)35)26(33)23-19-8-9-21(28)25(24(19)29-13-22(23)30)31-10-11-32(16(2)14-31)17-6-5-7-18(12-17)36-3/h5-9,12-13,15-16H,4,10-11,14H2,1-3H3,(H,34,35). The molecule has 4 aromatic rings. The number of nitrogens with zero attached hydrogens (tertiary/aromatic N) is 4. The minimum atomic E-state index is -1.29. The molecule has 0 amide bonds. The Morgan fingerprint density at radius 3 is 2.75 bits per heavy atom. The van der Waals surface area contributed by atoms with Crippen LogP contribution in [0.5, 0.6) is 5.75 Å². The molecule has 1 N–H and O–H groups in total. The number of benzene rings is 2. The molecule has 0 radical (unpaired) electrons. The lowest BCUT2D eigenvalue weighted by Crippen LogP contribution is -2.52. The van der Waals surface area contributed by atoms with E-state index in [0.29, 0.717) is 48.3 Å². The molecule has 2 aromatic heterocycles. The number of anilines is 2. The first kappa shape index (κ1) is 23.6. The van der Waals surface area contributed by atoms with Crippen molar-refractivity contribution >= 4 is 39.1 Å². The number of aromatic nitrogens is 2. The maximum atomic E-state index is 15.3. The van der Waals surface area contributed by atoms with Gasteiger partial charge in [-0.1, -0.05) is 6.07 Å². The number of fused-ring (bicyclic) bond motifs is 3. The highest BCUT2D eigenvalue weighted by Crippen LogP contribution is 2.34. The topological polar surface area (TPSA) is 87.9 Å². The van der Waals surface area contributed by atoms with Crippen LogP contribution in [0.3, 0.4) is 0 Å². The third-order valence-corrected chi connectivity index (χ3v) is 6.91. The Labute approximate surface area is 207 Å². The molecule has 1 fully saturated rings. The van der Waals surface area contributed by atoms with Gasteiger partial charge >= 0.3 is 5.97 Å². The maximum Gasteiger partial charge on any atom is 0.341 e. The van der Waals surface area contributed by atoms with E-state index in [1.165, 1.54) is 24.5 Å². The predicted molar refractivity (Wildman–Crippen MR) is 138 cm³/mol. The summed E-state index contributed by atoms with van der Waals surface area (Å²) in [6, 6.07) is 10.8. The zero-order valence-electron chi connectivity index (χ0n) is 20.4. The summed E-state index contributed by atoms with van der Waals surface area (Å²) < 4.78 is 22.4. The van der Waals surface area contributed by atoms with Gasteiger partial charge in [0.15, 0.2) is 0 Å². The minimum absolute atomic E-state index is 0.0666. The molecule has 5 rings (SSSR count). The molecule has 2 aromatic carbocycles. The fourth-order valence-corrected chi connectivity index (χ4v) is 5.14. The van der Waals surface area contributed by atoms with Crippen LogP contribution in [0.15, 0.2) is 53.6 Å². The summed E-state index contributed by atoms with van der Waals surface area (Å²) in [4.78, 5) is 33.7. The van der Waals surface area contributed by atoms with E-state index in [-0.39, 0.29) is 17.0 Å². The van der Waals surface area contributed by atoms with Crippen LogP contribution in [0.4, 0.5) is 15.8 Å². The molecule has 1 unspecified atom stereocenters. The van der Waals surface area contributed by atoms with Gasteiger partial charge in [0.2, 0.25) is 5.43 Å². The molecule has 1 aliphatic rings. The molecule has 3 heterocycles. The summed E-state index contributed by atoms with van der Waals surface area (Å²) in [5, 5.41) is 10.3. The van der Waals surface area contributed by atoms with Crippen molar-refractivity contribution in [1.29, 1.82) is 0 Å². The molecular weight excluding hydrogens is 463 g/mol. The molecule has 8 nitrogen and oxygen atoms in total.